The molecule has 2 aromatic heterocycles. The van der Waals surface area contributed by atoms with Gasteiger partial charge in [0.15, 0.2) is 16.7 Å². The first-order valence-electron chi connectivity index (χ1n) is 10.1. The maximum atomic E-state index is 14.6. The minimum absolute atomic E-state index is 0.0222. The van der Waals surface area contributed by atoms with Crippen molar-refractivity contribution in [1.29, 1.82) is 0 Å². The van der Waals surface area contributed by atoms with Crippen LogP contribution in [-0.4, -0.2) is 35.1 Å². The molecule has 2 amide bonds. The SMILES string of the molecule is CP(C)(=O)c1ccc2sc(NC(=O)Cc3ccc(Oc4ncccc4C(N)=O)c(F)c3)nc2c1. The molecule has 0 aliphatic carbocycles. The van der Waals surface area contributed by atoms with Crippen LogP contribution in [0.4, 0.5) is 9.52 Å². The second kappa shape index (κ2) is 9.32. The average molecular weight is 498 g/mol. The minimum Gasteiger partial charge on any atom is -0.435 e. The highest BCUT2D eigenvalue weighted by Gasteiger charge is 2.16. The van der Waals surface area contributed by atoms with Crippen molar-refractivity contribution in [2.45, 2.75) is 6.42 Å². The number of hydrogen-bond acceptors (Lipinski definition) is 7. The molecule has 11 heteroatoms. The predicted octanol–water partition coefficient (Wildman–Crippen LogP) is 4.15. The molecule has 174 valence electrons. The van der Waals surface area contributed by atoms with Crippen molar-refractivity contribution in [2.75, 3.05) is 18.6 Å². The Kier molecular flexibility index (Phi) is 6.45. The zero-order valence-corrected chi connectivity index (χ0v) is 20.0. The molecule has 0 saturated carbocycles. The highest BCUT2D eigenvalue weighted by molar-refractivity contribution is 7.70. The number of amides is 2. The first-order valence-corrected chi connectivity index (χ1v) is 13.5. The zero-order valence-electron chi connectivity index (χ0n) is 18.2. The Hall–Kier alpha value is -3.62. The van der Waals surface area contributed by atoms with Gasteiger partial charge in [0.25, 0.3) is 5.91 Å². The fourth-order valence-corrected chi connectivity index (χ4v) is 4.88. The summed E-state index contributed by atoms with van der Waals surface area (Å²) in [6.07, 6.45) is 1.30. The smallest absolute Gasteiger partial charge is 0.254 e. The first kappa shape index (κ1) is 23.5. The summed E-state index contributed by atoms with van der Waals surface area (Å²) in [6, 6.07) is 12.4. The highest BCUT2D eigenvalue weighted by atomic mass is 32.1. The van der Waals surface area contributed by atoms with Gasteiger partial charge in [-0.3, -0.25) is 9.59 Å². The number of hydrogen-bond donors (Lipinski definition) is 2. The predicted molar refractivity (Wildman–Crippen MR) is 130 cm³/mol. The molecule has 0 aliphatic heterocycles. The van der Waals surface area contributed by atoms with Gasteiger partial charge in [0.2, 0.25) is 11.8 Å². The summed E-state index contributed by atoms with van der Waals surface area (Å²) in [5.41, 5.74) is 6.38. The Morgan fingerprint density at radius 2 is 1.97 bits per heavy atom. The monoisotopic (exact) mass is 498 g/mol. The molecule has 34 heavy (non-hydrogen) atoms. The molecule has 0 radical (unpaired) electrons. The molecule has 4 rings (SSSR count). The molecular formula is C23H20FN4O4PS. The van der Waals surface area contributed by atoms with Crippen molar-refractivity contribution in [3.63, 3.8) is 0 Å². The van der Waals surface area contributed by atoms with E-state index in [1.165, 1.54) is 47.9 Å². The Labute approximate surface area is 198 Å². The second-order valence-corrected chi connectivity index (χ2v) is 12.1. The van der Waals surface area contributed by atoms with E-state index >= 15 is 0 Å². The lowest BCUT2D eigenvalue weighted by Gasteiger charge is -2.09. The maximum absolute atomic E-state index is 14.6. The quantitative estimate of drug-likeness (QED) is 0.369. The third-order valence-corrected chi connectivity index (χ3v) is 7.32. The van der Waals surface area contributed by atoms with Gasteiger partial charge >= 0.3 is 0 Å². The summed E-state index contributed by atoms with van der Waals surface area (Å²) in [5, 5.41) is 3.83. The minimum atomic E-state index is -2.42. The van der Waals surface area contributed by atoms with Crippen LogP contribution in [0.15, 0.2) is 54.7 Å². The number of rotatable bonds is 7. The third-order valence-electron chi connectivity index (χ3n) is 4.84. The van der Waals surface area contributed by atoms with E-state index in [0.717, 1.165) is 10.0 Å². The van der Waals surface area contributed by atoms with Crippen molar-refractivity contribution in [2.24, 2.45) is 5.73 Å². The van der Waals surface area contributed by atoms with E-state index in [1.807, 2.05) is 6.07 Å². The molecule has 0 saturated heterocycles. The summed E-state index contributed by atoms with van der Waals surface area (Å²) >= 11 is 1.29. The molecule has 0 fully saturated rings. The third kappa shape index (κ3) is 5.30. The maximum Gasteiger partial charge on any atom is 0.254 e. The lowest BCUT2D eigenvalue weighted by molar-refractivity contribution is -0.115. The molecule has 0 unspecified atom stereocenters. The van der Waals surface area contributed by atoms with Crippen molar-refractivity contribution in [3.05, 3.63) is 71.7 Å². The van der Waals surface area contributed by atoms with Crippen molar-refractivity contribution in [3.8, 4) is 11.6 Å². The van der Waals surface area contributed by atoms with Crippen LogP contribution in [0.2, 0.25) is 0 Å². The molecule has 8 nitrogen and oxygen atoms in total. The number of anilines is 1. The highest BCUT2D eigenvalue weighted by Crippen LogP contribution is 2.36. The first-order chi connectivity index (χ1) is 16.1. The van der Waals surface area contributed by atoms with Crippen molar-refractivity contribution >= 4 is 50.9 Å². The summed E-state index contributed by atoms with van der Waals surface area (Å²) in [5.74, 6) is -2.11. The van der Waals surface area contributed by atoms with Gasteiger partial charge in [0.05, 0.1) is 16.6 Å². The Balaban J connectivity index is 1.45. The number of thiazole rings is 1. The van der Waals surface area contributed by atoms with E-state index < -0.39 is 18.9 Å². The van der Waals surface area contributed by atoms with Crippen LogP contribution in [0, 0.1) is 5.82 Å². The van der Waals surface area contributed by atoms with E-state index in [1.54, 1.807) is 25.5 Å². The topological polar surface area (TPSA) is 124 Å². The van der Waals surface area contributed by atoms with E-state index in [4.69, 9.17) is 10.5 Å². The molecule has 4 aromatic rings. The number of fused-ring (bicyclic) bond motifs is 1. The van der Waals surface area contributed by atoms with E-state index in [2.05, 4.69) is 15.3 Å². The molecule has 2 aromatic carbocycles. The Morgan fingerprint density at radius 3 is 2.68 bits per heavy atom. The van der Waals surface area contributed by atoms with Crippen LogP contribution in [0.25, 0.3) is 10.2 Å². The van der Waals surface area contributed by atoms with Gasteiger partial charge < -0.3 is 20.4 Å². The van der Waals surface area contributed by atoms with E-state index in [-0.39, 0.29) is 29.5 Å². The van der Waals surface area contributed by atoms with Crippen LogP contribution in [-0.2, 0) is 15.8 Å². The van der Waals surface area contributed by atoms with Gasteiger partial charge in [-0.05, 0) is 61.4 Å². The van der Waals surface area contributed by atoms with Gasteiger partial charge in [-0.2, -0.15) is 0 Å². The van der Waals surface area contributed by atoms with Gasteiger partial charge in [-0.25, -0.2) is 14.4 Å². The summed E-state index contributed by atoms with van der Waals surface area (Å²) < 4.78 is 33.1. The number of carbonyl (C=O) groups excluding carboxylic acids is 2. The molecule has 0 aliphatic rings. The van der Waals surface area contributed by atoms with E-state index in [9.17, 15) is 18.5 Å². The van der Waals surface area contributed by atoms with Crippen LogP contribution in [0.3, 0.4) is 0 Å². The number of pyridine rings is 1. The van der Waals surface area contributed by atoms with E-state index in [0.29, 0.717) is 16.2 Å². The van der Waals surface area contributed by atoms with Gasteiger partial charge in [0, 0.05) is 11.5 Å². The standard InChI is InChI=1S/C23H20FN4O4PS/c1-33(2,31)14-6-8-19-17(12-14)27-23(34-19)28-20(29)11-13-5-7-18(16(24)10-13)32-22-15(21(25)30)4-3-9-26-22/h3-10,12H,11H2,1-2H3,(H2,25,30)(H,27,28,29). The number of benzene rings is 2. The number of primary amides is 1. The van der Waals surface area contributed by atoms with Crippen LogP contribution < -0.4 is 21.1 Å². The normalized spacial score (nSPS) is 11.4. The lowest BCUT2D eigenvalue weighted by atomic mass is 10.1. The number of ether oxygens (including phenoxy) is 1. The molecular weight excluding hydrogens is 478 g/mol. The zero-order chi connectivity index (χ0) is 24.5. The molecule has 0 spiro atoms. The molecule has 0 bridgehead atoms. The molecule has 0 atom stereocenters. The van der Waals surface area contributed by atoms with Gasteiger partial charge in [0.1, 0.15) is 12.7 Å². The Bertz CT molecular complexity index is 1470. The number of halogens is 1. The summed E-state index contributed by atoms with van der Waals surface area (Å²) in [4.78, 5) is 32.3. The number of nitrogens with one attached hydrogen (secondary N) is 1. The van der Waals surface area contributed by atoms with Crippen LogP contribution >= 0.6 is 18.5 Å². The number of aromatic nitrogens is 2. The fraction of sp³-hybridized carbons (Fsp3) is 0.130. The number of nitrogens with zero attached hydrogens (tertiary/aromatic N) is 2. The van der Waals surface area contributed by atoms with Crippen molar-refractivity contribution in [1.82, 2.24) is 9.97 Å². The molecule has 3 N–H and O–H groups in total. The number of nitrogens with two attached hydrogens (primary N) is 1. The Morgan fingerprint density at radius 1 is 1.18 bits per heavy atom. The fourth-order valence-electron chi connectivity index (χ4n) is 3.15. The van der Waals surface area contributed by atoms with Crippen molar-refractivity contribution < 1.29 is 23.3 Å². The number of carbonyl (C=O) groups is 2. The summed E-state index contributed by atoms with van der Waals surface area (Å²) in [6.45, 7) is 3.37. The van der Waals surface area contributed by atoms with Gasteiger partial charge in [-0.15, -0.1) is 0 Å². The van der Waals surface area contributed by atoms with Gasteiger partial charge in [-0.1, -0.05) is 17.4 Å². The average Bonchev–Trinajstić information content (AvgIpc) is 3.16. The summed E-state index contributed by atoms with van der Waals surface area (Å²) in [7, 11) is -2.42. The second-order valence-electron chi connectivity index (χ2n) is 7.83. The largest absolute Gasteiger partial charge is 0.435 e. The molecule has 2 heterocycles. The lowest BCUT2D eigenvalue weighted by Crippen LogP contribution is -2.14. The van der Waals surface area contributed by atoms with Crippen LogP contribution in [0.5, 0.6) is 11.6 Å². The van der Waals surface area contributed by atoms with Crippen LogP contribution in [0.1, 0.15) is 15.9 Å².